The molecule has 0 spiro atoms. The lowest BCUT2D eigenvalue weighted by Gasteiger charge is -2.18. The molecule has 0 aliphatic carbocycles. The highest BCUT2D eigenvalue weighted by molar-refractivity contribution is 7.98. The van der Waals surface area contributed by atoms with Crippen molar-refractivity contribution in [2.75, 3.05) is 14.1 Å². The fourth-order valence-corrected chi connectivity index (χ4v) is 3.60. The minimum absolute atomic E-state index is 0.167. The van der Waals surface area contributed by atoms with Gasteiger partial charge in [0, 0.05) is 11.4 Å². The minimum Gasteiger partial charge on any atom is -0.331 e. The fourth-order valence-electron chi connectivity index (χ4n) is 2.70. The van der Waals surface area contributed by atoms with Gasteiger partial charge in [-0.3, -0.25) is 4.57 Å². The second-order valence-electron chi connectivity index (χ2n) is 6.73. The molecule has 0 saturated heterocycles. The molecule has 136 valence electrons. The van der Waals surface area contributed by atoms with Crippen LogP contribution in [0.3, 0.4) is 0 Å². The molecule has 3 rings (SSSR count). The number of nitrogens with one attached hydrogen (secondary N) is 1. The fraction of sp³-hybridized carbons (Fsp3) is 0.300. The van der Waals surface area contributed by atoms with E-state index in [-0.39, 0.29) is 11.9 Å². The maximum Gasteiger partial charge on any atom is 0.196 e. The minimum atomic E-state index is -0.247. The summed E-state index contributed by atoms with van der Waals surface area (Å²) in [6.07, 6.45) is 0. The normalized spacial score (nSPS) is 12.5. The standard InChI is InChI=1S/C20H23FN4S/c1-14-6-5-7-16(12-14)13-26-20-23-22-19(15(2)24(3)4)25(20)18-10-8-17(21)9-11-18/h5-12,15H,13H2,1-4H3/p+1/t15-/m0/s1. The number of rotatable bonds is 6. The third-order valence-corrected chi connectivity index (χ3v) is 5.45. The quantitative estimate of drug-likeness (QED) is 0.676. The van der Waals surface area contributed by atoms with Gasteiger partial charge >= 0.3 is 0 Å². The van der Waals surface area contributed by atoms with E-state index in [9.17, 15) is 4.39 Å². The summed E-state index contributed by atoms with van der Waals surface area (Å²) in [5.41, 5.74) is 3.37. The zero-order valence-electron chi connectivity index (χ0n) is 15.5. The summed E-state index contributed by atoms with van der Waals surface area (Å²) < 4.78 is 15.4. The van der Waals surface area contributed by atoms with E-state index in [1.54, 1.807) is 23.9 Å². The average Bonchev–Trinajstić information content (AvgIpc) is 3.03. The van der Waals surface area contributed by atoms with Crippen LogP contribution in [0, 0.1) is 12.7 Å². The summed E-state index contributed by atoms with van der Waals surface area (Å²) in [5, 5.41) is 9.69. The molecule has 1 atom stereocenters. The van der Waals surface area contributed by atoms with Crippen LogP contribution in [0.5, 0.6) is 0 Å². The number of hydrogen-bond acceptors (Lipinski definition) is 3. The molecule has 1 heterocycles. The van der Waals surface area contributed by atoms with Crippen molar-refractivity contribution >= 4 is 11.8 Å². The SMILES string of the molecule is Cc1cccc(CSc2nnc([C@H](C)[NH+](C)C)n2-c2ccc(F)cc2)c1. The van der Waals surface area contributed by atoms with Crippen molar-refractivity contribution in [3.63, 3.8) is 0 Å². The van der Waals surface area contributed by atoms with Gasteiger partial charge in [0.25, 0.3) is 0 Å². The van der Waals surface area contributed by atoms with Crippen molar-refractivity contribution in [1.29, 1.82) is 0 Å². The van der Waals surface area contributed by atoms with Crippen molar-refractivity contribution in [3.8, 4) is 5.69 Å². The molecule has 4 nitrogen and oxygen atoms in total. The second kappa shape index (κ2) is 8.01. The van der Waals surface area contributed by atoms with Crippen LogP contribution in [0.1, 0.15) is 29.9 Å². The van der Waals surface area contributed by atoms with Gasteiger partial charge < -0.3 is 4.90 Å². The van der Waals surface area contributed by atoms with Crippen LogP contribution in [0.15, 0.2) is 53.7 Å². The zero-order chi connectivity index (χ0) is 18.7. The largest absolute Gasteiger partial charge is 0.331 e. The molecule has 3 aromatic rings. The van der Waals surface area contributed by atoms with E-state index in [0.29, 0.717) is 0 Å². The van der Waals surface area contributed by atoms with Crippen LogP contribution in [0.2, 0.25) is 0 Å². The van der Waals surface area contributed by atoms with Gasteiger partial charge in [0.1, 0.15) is 11.9 Å². The van der Waals surface area contributed by atoms with Crippen LogP contribution in [-0.2, 0) is 5.75 Å². The second-order valence-corrected chi connectivity index (χ2v) is 7.67. The third-order valence-electron chi connectivity index (χ3n) is 4.45. The molecule has 0 bridgehead atoms. The molecule has 1 aromatic heterocycles. The summed E-state index contributed by atoms with van der Waals surface area (Å²) in [6, 6.07) is 15.1. The van der Waals surface area contributed by atoms with E-state index >= 15 is 0 Å². The molecule has 0 saturated carbocycles. The highest BCUT2D eigenvalue weighted by Crippen LogP contribution is 2.27. The van der Waals surface area contributed by atoms with E-state index in [0.717, 1.165) is 22.4 Å². The zero-order valence-corrected chi connectivity index (χ0v) is 16.3. The number of aryl methyl sites for hydroxylation is 1. The lowest BCUT2D eigenvalue weighted by molar-refractivity contribution is -0.890. The Hall–Kier alpha value is -2.18. The highest BCUT2D eigenvalue weighted by Gasteiger charge is 2.23. The van der Waals surface area contributed by atoms with Crippen molar-refractivity contribution in [3.05, 3.63) is 71.3 Å². The van der Waals surface area contributed by atoms with Crippen LogP contribution in [-0.4, -0.2) is 28.9 Å². The highest BCUT2D eigenvalue weighted by atomic mass is 32.2. The van der Waals surface area contributed by atoms with E-state index in [1.165, 1.54) is 28.2 Å². The maximum absolute atomic E-state index is 13.4. The van der Waals surface area contributed by atoms with Crippen molar-refractivity contribution < 1.29 is 9.29 Å². The number of hydrogen-bond donors (Lipinski definition) is 1. The van der Waals surface area contributed by atoms with Gasteiger partial charge in [-0.25, -0.2) is 4.39 Å². The van der Waals surface area contributed by atoms with Gasteiger partial charge in [-0.05, 0) is 43.7 Å². The maximum atomic E-state index is 13.4. The first-order valence-corrected chi connectivity index (χ1v) is 9.64. The molecule has 0 aliphatic rings. The molecule has 26 heavy (non-hydrogen) atoms. The molecule has 2 aromatic carbocycles. The van der Waals surface area contributed by atoms with Crippen molar-refractivity contribution in [1.82, 2.24) is 14.8 Å². The Kier molecular flexibility index (Phi) is 5.74. The van der Waals surface area contributed by atoms with Crippen molar-refractivity contribution in [2.45, 2.75) is 30.8 Å². The Morgan fingerprint density at radius 1 is 1.12 bits per heavy atom. The third kappa shape index (κ3) is 4.14. The molecule has 6 heteroatoms. The summed E-state index contributed by atoms with van der Waals surface area (Å²) >= 11 is 1.64. The van der Waals surface area contributed by atoms with Gasteiger partial charge in [-0.2, -0.15) is 0 Å². The van der Waals surface area contributed by atoms with Crippen molar-refractivity contribution in [2.24, 2.45) is 0 Å². The first kappa shape index (κ1) is 18.6. The number of thioether (sulfide) groups is 1. The molecule has 0 amide bonds. The lowest BCUT2D eigenvalue weighted by Crippen LogP contribution is -3.05. The van der Waals surface area contributed by atoms with E-state index in [1.807, 2.05) is 4.57 Å². The van der Waals surface area contributed by atoms with Gasteiger partial charge in [0.2, 0.25) is 0 Å². The first-order valence-electron chi connectivity index (χ1n) is 8.65. The van der Waals surface area contributed by atoms with Gasteiger partial charge in [-0.1, -0.05) is 41.6 Å². The van der Waals surface area contributed by atoms with Crippen LogP contribution in [0.4, 0.5) is 4.39 Å². The Bertz CT molecular complexity index is 874. The predicted molar refractivity (Wildman–Crippen MR) is 103 cm³/mol. The summed E-state index contributed by atoms with van der Waals surface area (Å²) in [6.45, 7) is 4.21. The van der Waals surface area contributed by atoms with E-state index < -0.39 is 0 Å². The smallest absolute Gasteiger partial charge is 0.196 e. The summed E-state index contributed by atoms with van der Waals surface area (Å²) in [4.78, 5) is 1.26. The number of halogens is 1. The van der Waals surface area contributed by atoms with Gasteiger partial charge in [-0.15, -0.1) is 10.2 Å². The van der Waals surface area contributed by atoms with Crippen LogP contribution >= 0.6 is 11.8 Å². The molecular weight excluding hydrogens is 347 g/mol. The monoisotopic (exact) mass is 371 g/mol. The molecule has 0 fully saturated rings. The van der Waals surface area contributed by atoms with Gasteiger partial charge in [0.15, 0.2) is 11.0 Å². The average molecular weight is 372 g/mol. The predicted octanol–water partition coefficient (Wildman–Crippen LogP) is 3.21. The Balaban J connectivity index is 1.95. The number of aromatic nitrogens is 3. The number of benzene rings is 2. The lowest BCUT2D eigenvalue weighted by atomic mass is 10.2. The van der Waals surface area contributed by atoms with E-state index in [2.05, 4.69) is 62.4 Å². The van der Waals surface area contributed by atoms with E-state index in [4.69, 9.17) is 0 Å². The molecule has 1 N–H and O–H groups in total. The van der Waals surface area contributed by atoms with Crippen LogP contribution < -0.4 is 4.90 Å². The first-order chi connectivity index (χ1) is 12.5. The Labute approximate surface area is 158 Å². The Morgan fingerprint density at radius 2 is 1.85 bits per heavy atom. The summed E-state index contributed by atoms with van der Waals surface area (Å²) in [7, 11) is 4.18. The molecule has 0 aliphatic heterocycles. The molecule has 0 radical (unpaired) electrons. The molecule has 0 unspecified atom stereocenters. The topological polar surface area (TPSA) is 35.2 Å². The Morgan fingerprint density at radius 3 is 2.50 bits per heavy atom. The molecular formula is C20H24FN4S+. The van der Waals surface area contributed by atoms with Crippen LogP contribution in [0.25, 0.3) is 5.69 Å². The number of quaternary nitrogens is 1. The van der Waals surface area contributed by atoms with Gasteiger partial charge in [0.05, 0.1) is 14.1 Å². The summed E-state index contributed by atoms with van der Waals surface area (Å²) in [5.74, 6) is 1.44. The number of nitrogens with zero attached hydrogens (tertiary/aromatic N) is 3.